The summed E-state index contributed by atoms with van der Waals surface area (Å²) >= 11 is 0. The smallest absolute Gasteiger partial charge is 0.242 e. The number of sulfone groups is 1. The van der Waals surface area contributed by atoms with Gasteiger partial charge >= 0.3 is 0 Å². The maximum absolute atomic E-state index is 13.7. The molecule has 3 rings (SSSR count). The van der Waals surface area contributed by atoms with Gasteiger partial charge in [-0.25, -0.2) is 8.42 Å². The summed E-state index contributed by atoms with van der Waals surface area (Å²) in [6, 6.07) is 7.84. The second kappa shape index (κ2) is 15.7. The molecule has 1 aromatic rings. The van der Waals surface area contributed by atoms with Gasteiger partial charge in [0, 0.05) is 0 Å². The van der Waals surface area contributed by atoms with E-state index in [0.717, 1.165) is 50.5 Å². The van der Waals surface area contributed by atoms with Crippen molar-refractivity contribution in [2.75, 3.05) is 5.75 Å². The molecule has 2 saturated carbocycles. The van der Waals surface area contributed by atoms with E-state index < -0.39 is 56.6 Å². The lowest BCUT2D eigenvalue weighted by molar-refractivity contribution is -0.132. The van der Waals surface area contributed by atoms with Crippen LogP contribution in [0.2, 0.25) is 0 Å². The number of carbonyl (C=O) groups is 2. The number of nitrogens with one attached hydrogen (secondary N) is 2. The van der Waals surface area contributed by atoms with Crippen molar-refractivity contribution in [3.8, 4) is 0 Å². The lowest BCUT2D eigenvalue weighted by Crippen LogP contribution is -2.56. The topological polar surface area (TPSA) is 133 Å². The molecule has 0 spiro atoms. The Balaban J connectivity index is 1.79. The molecule has 2 fully saturated rings. The Morgan fingerprint density at radius 1 is 0.952 bits per heavy atom. The Morgan fingerprint density at radius 2 is 1.60 bits per heavy atom. The number of amides is 2. The summed E-state index contributed by atoms with van der Waals surface area (Å²) in [6.45, 7) is 6.90. The molecular weight excluding hydrogens is 552 g/mol. The minimum absolute atomic E-state index is 0.0601. The summed E-state index contributed by atoms with van der Waals surface area (Å²) in [6.07, 6.45) is 8.05. The largest absolute Gasteiger partial charge is 0.390 e. The van der Waals surface area contributed by atoms with E-state index in [9.17, 15) is 28.2 Å². The van der Waals surface area contributed by atoms with Gasteiger partial charge in [-0.05, 0) is 70.3 Å². The lowest BCUT2D eigenvalue weighted by Gasteiger charge is -2.33. The van der Waals surface area contributed by atoms with Crippen molar-refractivity contribution in [1.82, 2.24) is 10.6 Å². The van der Waals surface area contributed by atoms with Crippen molar-refractivity contribution < 1.29 is 28.2 Å². The van der Waals surface area contributed by atoms with Gasteiger partial charge in [-0.3, -0.25) is 9.59 Å². The molecule has 2 aliphatic rings. The zero-order valence-corrected chi connectivity index (χ0v) is 26.9. The zero-order valence-electron chi connectivity index (χ0n) is 26.1. The highest BCUT2D eigenvalue weighted by Crippen LogP contribution is 2.36. The molecule has 5 atom stereocenters. The van der Waals surface area contributed by atoms with Crippen molar-refractivity contribution >= 4 is 21.7 Å². The van der Waals surface area contributed by atoms with Gasteiger partial charge in [0.25, 0.3) is 0 Å². The summed E-state index contributed by atoms with van der Waals surface area (Å²) < 4.78 is 25.3. The normalized spacial score (nSPS) is 20.2. The fourth-order valence-corrected chi connectivity index (χ4v) is 7.21. The first-order valence-corrected chi connectivity index (χ1v) is 17.7. The monoisotopic (exact) mass is 606 g/mol. The second-order valence-electron chi connectivity index (χ2n) is 13.7. The summed E-state index contributed by atoms with van der Waals surface area (Å²) in [5.41, 5.74) is 0.848. The van der Waals surface area contributed by atoms with Gasteiger partial charge in [0.1, 0.15) is 12.1 Å². The molecule has 0 unspecified atom stereocenters. The van der Waals surface area contributed by atoms with E-state index in [1.54, 1.807) is 20.8 Å². The molecule has 42 heavy (non-hydrogen) atoms. The van der Waals surface area contributed by atoms with Gasteiger partial charge in [0.2, 0.25) is 11.8 Å². The summed E-state index contributed by atoms with van der Waals surface area (Å²) in [5, 5.41) is 27.8. The molecule has 0 heterocycles. The molecule has 8 nitrogen and oxygen atoms in total. The molecule has 0 aromatic heterocycles. The van der Waals surface area contributed by atoms with Crippen LogP contribution in [0, 0.1) is 17.8 Å². The molecule has 2 aliphatic carbocycles. The lowest BCUT2D eigenvalue weighted by atomic mass is 9.82. The molecule has 0 saturated heterocycles. The standard InChI is InChI=1S/C33H54N2O6S/c1-5-6-17-27(32(39)35-28(21-24-15-11-8-12-16-24)30(37)29(36)25-18-19-25)34-31(38)26(20-23-13-9-7-10-14-23)22-42(40,41)33(2,3)4/h7,9-10,13-14,24-30,36-37H,5-6,8,11-12,15-22H2,1-4H3,(H,34,38)(H,35,39)/t26-,27+,28+,29+,30-/m1/s1. The molecule has 9 heteroatoms. The van der Waals surface area contributed by atoms with E-state index in [2.05, 4.69) is 10.6 Å². The van der Waals surface area contributed by atoms with Crippen LogP contribution >= 0.6 is 0 Å². The number of benzene rings is 1. The molecule has 0 radical (unpaired) electrons. The van der Waals surface area contributed by atoms with Gasteiger partial charge in [0.15, 0.2) is 9.84 Å². The first-order chi connectivity index (χ1) is 19.8. The van der Waals surface area contributed by atoms with E-state index in [1.807, 2.05) is 37.3 Å². The predicted molar refractivity (Wildman–Crippen MR) is 166 cm³/mol. The van der Waals surface area contributed by atoms with Crippen LogP contribution in [0.25, 0.3) is 0 Å². The molecular formula is C33H54N2O6S. The summed E-state index contributed by atoms with van der Waals surface area (Å²) in [7, 11) is -3.62. The van der Waals surface area contributed by atoms with E-state index in [1.165, 1.54) is 6.42 Å². The quantitative estimate of drug-likeness (QED) is 0.222. The van der Waals surface area contributed by atoms with E-state index >= 15 is 0 Å². The molecule has 4 N–H and O–H groups in total. The van der Waals surface area contributed by atoms with E-state index in [0.29, 0.717) is 25.2 Å². The fraction of sp³-hybridized carbons (Fsp3) is 0.758. The van der Waals surface area contributed by atoms with Crippen molar-refractivity contribution in [1.29, 1.82) is 0 Å². The molecule has 0 bridgehead atoms. The summed E-state index contributed by atoms with van der Waals surface area (Å²) in [4.78, 5) is 27.5. The van der Waals surface area contributed by atoms with Gasteiger partial charge < -0.3 is 20.8 Å². The molecule has 238 valence electrons. The fourth-order valence-electron chi connectivity index (χ4n) is 5.91. The number of hydrogen-bond donors (Lipinski definition) is 4. The Hall–Kier alpha value is -1.97. The number of hydrogen-bond acceptors (Lipinski definition) is 6. The molecule has 2 amide bonds. The van der Waals surface area contributed by atoms with Crippen LogP contribution < -0.4 is 10.6 Å². The number of aliphatic hydroxyl groups excluding tert-OH is 2. The van der Waals surface area contributed by atoms with Crippen LogP contribution in [-0.4, -0.2) is 65.2 Å². The second-order valence-corrected chi connectivity index (χ2v) is 16.4. The van der Waals surface area contributed by atoms with Crippen LogP contribution in [-0.2, 0) is 25.8 Å². The summed E-state index contributed by atoms with van der Waals surface area (Å²) in [5.74, 6) is -1.62. The Labute approximate surface area is 253 Å². The van der Waals surface area contributed by atoms with Crippen molar-refractivity contribution in [2.24, 2.45) is 17.8 Å². The van der Waals surface area contributed by atoms with Gasteiger partial charge in [0.05, 0.1) is 28.6 Å². The van der Waals surface area contributed by atoms with Crippen LogP contribution in [0.4, 0.5) is 0 Å². The zero-order chi connectivity index (χ0) is 30.9. The van der Waals surface area contributed by atoms with Crippen LogP contribution in [0.3, 0.4) is 0 Å². The Bertz CT molecular complexity index is 1090. The van der Waals surface area contributed by atoms with Gasteiger partial charge in [-0.1, -0.05) is 82.2 Å². The number of unbranched alkanes of at least 4 members (excludes halogenated alkanes) is 1. The third kappa shape index (κ3) is 10.3. The maximum atomic E-state index is 13.7. The van der Waals surface area contributed by atoms with Crippen molar-refractivity contribution in [3.05, 3.63) is 35.9 Å². The minimum atomic E-state index is -3.62. The van der Waals surface area contributed by atoms with Crippen LogP contribution in [0.5, 0.6) is 0 Å². The third-order valence-electron chi connectivity index (χ3n) is 9.04. The van der Waals surface area contributed by atoms with Crippen LogP contribution in [0.1, 0.15) is 104 Å². The maximum Gasteiger partial charge on any atom is 0.242 e. The molecule has 0 aliphatic heterocycles. The van der Waals surface area contributed by atoms with Crippen molar-refractivity contribution in [2.45, 2.75) is 134 Å². The average molecular weight is 607 g/mol. The van der Waals surface area contributed by atoms with Gasteiger partial charge in [-0.15, -0.1) is 0 Å². The molecule has 1 aromatic carbocycles. The predicted octanol–water partition coefficient (Wildman–Crippen LogP) is 4.32. The number of aliphatic hydroxyl groups is 2. The van der Waals surface area contributed by atoms with E-state index in [4.69, 9.17) is 0 Å². The highest BCUT2D eigenvalue weighted by molar-refractivity contribution is 7.92. The van der Waals surface area contributed by atoms with Gasteiger partial charge in [-0.2, -0.15) is 0 Å². The van der Waals surface area contributed by atoms with Crippen LogP contribution in [0.15, 0.2) is 30.3 Å². The Kier molecular flexibility index (Phi) is 12.9. The Morgan fingerprint density at radius 3 is 2.17 bits per heavy atom. The third-order valence-corrected chi connectivity index (χ3v) is 11.7. The first kappa shape index (κ1) is 34.5. The SMILES string of the molecule is CCCC[C@H](NC(=O)[C@H](Cc1ccccc1)CS(=O)(=O)C(C)(C)C)C(=O)N[C@@H](CC1CCCCC1)[C@@H](O)[C@@H](O)C1CC1. The number of carbonyl (C=O) groups excluding carboxylic acids is 2. The number of rotatable bonds is 16. The van der Waals surface area contributed by atoms with E-state index in [-0.39, 0.29) is 18.1 Å². The highest BCUT2D eigenvalue weighted by atomic mass is 32.2. The minimum Gasteiger partial charge on any atom is -0.390 e. The van der Waals surface area contributed by atoms with Crippen molar-refractivity contribution in [3.63, 3.8) is 0 Å². The average Bonchev–Trinajstić information content (AvgIpc) is 3.80. The highest BCUT2D eigenvalue weighted by Gasteiger charge is 2.40. The first-order valence-electron chi connectivity index (χ1n) is 16.1.